The average Bonchev–Trinajstić information content (AvgIpc) is 3.56. The largest absolute Gasteiger partial charge is 0.467 e. The predicted octanol–water partition coefficient (Wildman–Crippen LogP) is 5.98. The molecule has 34 heavy (non-hydrogen) atoms. The summed E-state index contributed by atoms with van der Waals surface area (Å²) >= 11 is 1.51. The lowest BCUT2D eigenvalue weighted by Crippen LogP contribution is -2.25. The van der Waals surface area contributed by atoms with Crippen LogP contribution < -0.4 is 10.6 Å². The molecule has 3 heterocycles. The summed E-state index contributed by atoms with van der Waals surface area (Å²) in [6, 6.07) is 9.74. The maximum absolute atomic E-state index is 13.1. The first-order chi connectivity index (χ1) is 16.3. The first-order valence-electron chi connectivity index (χ1n) is 11.5. The molecule has 7 heteroatoms. The number of nitrogens with one attached hydrogen (secondary N) is 2. The number of amides is 2. The molecule has 5 rings (SSSR count). The number of aryl methyl sites for hydroxylation is 1. The van der Waals surface area contributed by atoms with Crippen molar-refractivity contribution in [3.8, 4) is 0 Å². The van der Waals surface area contributed by atoms with E-state index in [1.54, 1.807) is 18.6 Å². The van der Waals surface area contributed by atoms with Crippen LogP contribution in [0.3, 0.4) is 0 Å². The normalized spacial score (nSPS) is 13.3. The van der Waals surface area contributed by atoms with Crippen LogP contribution in [0.1, 0.15) is 64.9 Å². The van der Waals surface area contributed by atoms with Gasteiger partial charge in [-0.25, -0.2) is 0 Å². The Morgan fingerprint density at radius 2 is 1.97 bits per heavy atom. The third kappa shape index (κ3) is 4.40. The second kappa shape index (κ2) is 8.80. The van der Waals surface area contributed by atoms with E-state index in [0.29, 0.717) is 22.9 Å². The van der Waals surface area contributed by atoms with Gasteiger partial charge in [0.2, 0.25) is 5.91 Å². The summed E-state index contributed by atoms with van der Waals surface area (Å²) in [6.07, 6.45) is 6.24. The molecule has 0 saturated heterocycles. The van der Waals surface area contributed by atoms with Gasteiger partial charge in [0, 0.05) is 15.8 Å². The maximum Gasteiger partial charge on any atom is 0.254 e. The van der Waals surface area contributed by atoms with E-state index in [1.807, 2.05) is 12.1 Å². The minimum atomic E-state index is -0.185. The van der Waals surface area contributed by atoms with E-state index in [-0.39, 0.29) is 23.7 Å². The molecule has 176 valence electrons. The van der Waals surface area contributed by atoms with Crippen molar-refractivity contribution < 1.29 is 18.4 Å². The molecule has 1 aliphatic rings. The highest BCUT2D eigenvalue weighted by molar-refractivity contribution is 7.17. The van der Waals surface area contributed by atoms with Gasteiger partial charge in [0.05, 0.1) is 31.1 Å². The Hall–Kier alpha value is -3.32. The van der Waals surface area contributed by atoms with Crippen molar-refractivity contribution in [2.45, 2.75) is 58.4 Å². The molecule has 1 aliphatic carbocycles. The van der Waals surface area contributed by atoms with Gasteiger partial charge >= 0.3 is 0 Å². The van der Waals surface area contributed by atoms with Crippen LogP contribution in [0.15, 0.2) is 51.7 Å². The van der Waals surface area contributed by atoms with Gasteiger partial charge in [-0.3, -0.25) is 9.59 Å². The summed E-state index contributed by atoms with van der Waals surface area (Å²) < 4.78 is 11.0. The van der Waals surface area contributed by atoms with Crippen molar-refractivity contribution in [1.82, 2.24) is 5.32 Å². The van der Waals surface area contributed by atoms with E-state index in [2.05, 4.69) is 43.5 Å². The number of fused-ring (bicyclic) bond motifs is 2. The Bertz CT molecular complexity index is 1360. The van der Waals surface area contributed by atoms with Crippen LogP contribution >= 0.6 is 11.3 Å². The molecule has 0 fully saturated rings. The Morgan fingerprint density at radius 3 is 2.74 bits per heavy atom. The minimum absolute atomic E-state index is 0.000425. The summed E-state index contributed by atoms with van der Waals surface area (Å²) in [5, 5.41) is 7.52. The second-order valence-electron chi connectivity index (χ2n) is 9.77. The Labute approximate surface area is 202 Å². The number of benzene rings is 1. The molecule has 0 spiro atoms. The van der Waals surface area contributed by atoms with Gasteiger partial charge in [0.25, 0.3) is 5.91 Å². The fourth-order valence-corrected chi connectivity index (χ4v) is 5.73. The molecule has 1 aromatic carbocycles. The van der Waals surface area contributed by atoms with Crippen molar-refractivity contribution in [3.63, 3.8) is 0 Å². The lowest BCUT2D eigenvalue weighted by molar-refractivity contribution is -0.115. The number of hydrogen-bond donors (Lipinski definition) is 2. The van der Waals surface area contributed by atoms with E-state index in [1.165, 1.54) is 21.8 Å². The Morgan fingerprint density at radius 1 is 1.12 bits per heavy atom. The van der Waals surface area contributed by atoms with E-state index < -0.39 is 0 Å². The topological polar surface area (TPSA) is 84.5 Å². The van der Waals surface area contributed by atoms with E-state index >= 15 is 0 Å². The van der Waals surface area contributed by atoms with Crippen LogP contribution in [-0.2, 0) is 36.0 Å². The van der Waals surface area contributed by atoms with Gasteiger partial charge in [0.15, 0.2) is 0 Å². The predicted molar refractivity (Wildman–Crippen MR) is 133 cm³/mol. The lowest BCUT2D eigenvalue weighted by Gasteiger charge is -2.18. The van der Waals surface area contributed by atoms with Gasteiger partial charge in [-0.2, -0.15) is 0 Å². The van der Waals surface area contributed by atoms with Gasteiger partial charge in [-0.05, 0) is 60.1 Å². The van der Waals surface area contributed by atoms with E-state index in [4.69, 9.17) is 8.83 Å². The van der Waals surface area contributed by atoms with E-state index in [0.717, 1.165) is 41.4 Å². The quantitative estimate of drug-likeness (QED) is 0.358. The zero-order valence-electron chi connectivity index (χ0n) is 19.6. The molecular formula is C27H28N2O4S. The standard InChI is InChI=1S/C27H28N2O4S/c1-27(2,3)17-9-10-21-20(13-17)16(15-33-21)12-23(30)29-26-24(19-7-4-8-22(19)34-26)25(31)28-14-18-6-5-11-32-18/h5-6,9-11,13,15H,4,7-8,12,14H2,1-3H3,(H,28,31)(H,29,30). The van der Waals surface area contributed by atoms with Crippen LogP contribution in [0.5, 0.6) is 0 Å². The molecule has 0 saturated carbocycles. The number of hydrogen-bond acceptors (Lipinski definition) is 5. The molecular weight excluding hydrogens is 448 g/mol. The van der Waals surface area contributed by atoms with Gasteiger partial charge < -0.3 is 19.5 Å². The number of anilines is 1. The van der Waals surface area contributed by atoms with Crippen LogP contribution in [0.25, 0.3) is 11.0 Å². The number of furan rings is 2. The third-order valence-corrected chi connectivity index (χ3v) is 7.48. The number of thiophene rings is 1. The molecule has 0 aliphatic heterocycles. The van der Waals surface area contributed by atoms with Crippen molar-refractivity contribution in [1.29, 1.82) is 0 Å². The van der Waals surface area contributed by atoms with E-state index in [9.17, 15) is 9.59 Å². The highest BCUT2D eigenvalue weighted by Crippen LogP contribution is 2.39. The van der Waals surface area contributed by atoms with Crippen molar-refractivity contribution in [2.75, 3.05) is 5.32 Å². The summed E-state index contributed by atoms with van der Waals surface area (Å²) in [4.78, 5) is 27.3. The van der Waals surface area contributed by atoms with Gasteiger partial charge in [-0.15, -0.1) is 11.3 Å². The minimum Gasteiger partial charge on any atom is -0.467 e. The average molecular weight is 477 g/mol. The van der Waals surface area contributed by atoms with Gasteiger partial charge in [0.1, 0.15) is 16.3 Å². The summed E-state index contributed by atoms with van der Waals surface area (Å²) in [5.41, 5.74) is 4.44. The number of rotatable bonds is 6. The summed E-state index contributed by atoms with van der Waals surface area (Å²) in [6.45, 7) is 6.79. The number of carbonyl (C=O) groups excluding carboxylic acids is 2. The number of carbonyl (C=O) groups is 2. The smallest absolute Gasteiger partial charge is 0.254 e. The molecule has 2 N–H and O–H groups in total. The lowest BCUT2D eigenvalue weighted by atomic mass is 9.86. The second-order valence-corrected chi connectivity index (χ2v) is 10.9. The fourth-order valence-electron chi connectivity index (χ4n) is 4.43. The first kappa shape index (κ1) is 22.5. The zero-order valence-corrected chi connectivity index (χ0v) is 20.4. The molecule has 3 aromatic heterocycles. The molecule has 0 radical (unpaired) electrons. The fraction of sp³-hybridized carbons (Fsp3) is 0.333. The molecule has 6 nitrogen and oxygen atoms in total. The highest BCUT2D eigenvalue weighted by Gasteiger charge is 2.28. The van der Waals surface area contributed by atoms with Crippen LogP contribution in [0, 0.1) is 0 Å². The van der Waals surface area contributed by atoms with Crippen LogP contribution in [0.4, 0.5) is 5.00 Å². The van der Waals surface area contributed by atoms with Crippen LogP contribution in [-0.4, -0.2) is 11.8 Å². The first-order valence-corrected chi connectivity index (χ1v) is 12.4. The van der Waals surface area contributed by atoms with Crippen molar-refractivity contribution in [3.05, 3.63) is 75.7 Å². The molecule has 0 atom stereocenters. The van der Waals surface area contributed by atoms with Gasteiger partial charge in [-0.1, -0.05) is 26.8 Å². The summed E-state index contributed by atoms with van der Waals surface area (Å²) in [7, 11) is 0. The Kier molecular flexibility index (Phi) is 5.81. The van der Waals surface area contributed by atoms with Crippen molar-refractivity contribution in [2.24, 2.45) is 0 Å². The summed E-state index contributed by atoms with van der Waals surface area (Å²) in [5.74, 6) is 0.339. The maximum atomic E-state index is 13.1. The SMILES string of the molecule is CC(C)(C)c1ccc2occ(CC(=O)Nc3sc4c(c3C(=O)NCc3ccco3)CCC4)c2c1. The monoisotopic (exact) mass is 476 g/mol. The molecule has 2 amide bonds. The van der Waals surface area contributed by atoms with Crippen LogP contribution in [0.2, 0.25) is 0 Å². The highest BCUT2D eigenvalue weighted by atomic mass is 32.1. The zero-order chi connectivity index (χ0) is 23.9. The third-order valence-electron chi connectivity index (χ3n) is 6.28. The molecule has 0 bridgehead atoms. The molecule has 0 unspecified atom stereocenters. The van der Waals surface area contributed by atoms with Crippen molar-refractivity contribution >= 4 is 39.1 Å². The molecule has 4 aromatic rings. The Balaban J connectivity index is 1.35.